The van der Waals surface area contributed by atoms with E-state index >= 15 is 0 Å². The molecule has 2 atom stereocenters. The van der Waals surface area contributed by atoms with Crippen LogP contribution in [0, 0.1) is 0 Å². The highest BCUT2D eigenvalue weighted by Crippen LogP contribution is 2.17. The van der Waals surface area contributed by atoms with Gasteiger partial charge in [0.05, 0.1) is 0 Å². The molecule has 1 aliphatic heterocycles. The predicted molar refractivity (Wildman–Crippen MR) is 77.8 cm³/mol. The van der Waals surface area contributed by atoms with Crippen molar-refractivity contribution in [2.45, 2.75) is 52.2 Å². The third-order valence-electron chi connectivity index (χ3n) is 4.15. The monoisotopic (exact) mass is 246 g/mol. The second-order valence-corrected chi connectivity index (χ2v) is 5.41. The van der Waals surface area contributed by atoms with Crippen LogP contribution < -0.4 is 5.32 Å². The summed E-state index contributed by atoms with van der Waals surface area (Å²) < 4.78 is 0. The number of nitrogens with one attached hydrogen (secondary N) is 1. The zero-order valence-electron chi connectivity index (χ0n) is 11.9. The van der Waals surface area contributed by atoms with Gasteiger partial charge in [0.25, 0.3) is 0 Å². The summed E-state index contributed by atoms with van der Waals surface area (Å²) in [7, 11) is 0. The molecule has 0 spiro atoms. The van der Waals surface area contributed by atoms with Gasteiger partial charge in [-0.05, 0) is 30.9 Å². The van der Waals surface area contributed by atoms with E-state index < -0.39 is 0 Å². The van der Waals surface area contributed by atoms with Crippen LogP contribution in [0.1, 0.15) is 38.3 Å². The van der Waals surface area contributed by atoms with Gasteiger partial charge < -0.3 is 5.32 Å². The Balaban J connectivity index is 2.07. The summed E-state index contributed by atoms with van der Waals surface area (Å²) in [4.78, 5) is 2.62. The van der Waals surface area contributed by atoms with E-state index in [4.69, 9.17) is 0 Å². The number of rotatable bonds is 4. The average molecular weight is 246 g/mol. The van der Waals surface area contributed by atoms with Crippen LogP contribution >= 0.6 is 0 Å². The van der Waals surface area contributed by atoms with Crippen LogP contribution in [0.15, 0.2) is 24.3 Å². The van der Waals surface area contributed by atoms with Crippen LogP contribution in [0.3, 0.4) is 0 Å². The molecule has 2 nitrogen and oxygen atoms in total. The largest absolute Gasteiger partial charge is 0.311 e. The number of benzene rings is 1. The van der Waals surface area contributed by atoms with Gasteiger partial charge in [0, 0.05) is 31.7 Å². The Morgan fingerprint density at radius 1 is 1.22 bits per heavy atom. The van der Waals surface area contributed by atoms with Crippen LogP contribution in [-0.4, -0.2) is 30.1 Å². The summed E-state index contributed by atoms with van der Waals surface area (Å²) in [6.07, 6.45) is 2.35. The van der Waals surface area contributed by atoms with Crippen molar-refractivity contribution in [3.63, 3.8) is 0 Å². The molecule has 1 aliphatic rings. The van der Waals surface area contributed by atoms with Gasteiger partial charge in [-0.1, -0.05) is 38.1 Å². The number of aryl methyl sites for hydroxylation is 1. The quantitative estimate of drug-likeness (QED) is 0.879. The fourth-order valence-corrected chi connectivity index (χ4v) is 2.76. The molecule has 18 heavy (non-hydrogen) atoms. The first-order valence-electron chi connectivity index (χ1n) is 7.28. The Bertz CT molecular complexity index is 375. The summed E-state index contributed by atoms with van der Waals surface area (Å²) in [5.41, 5.74) is 3.00. The Morgan fingerprint density at radius 2 is 1.94 bits per heavy atom. The second-order valence-electron chi connectivity index (χ2n) is 5.41. The lowest BCUT2D eigenvalue weighted by Gasteiger charge is -2.39. The maximum Gasteiger partial charge on any atom is 0.0240 e. The molecule has 0 amide bonds. The van der Waals surface area contributed by atoms with Gasteiger partial charge in [0.1, 0.15) is 0 Å². The maximum atomic E-state index is 3.62. The van der Waals surface area contributed by atoms with Crippen molar-refractivity contribution >= 4 is 0 Å². The molecule has 1 N–H and O–H groups in total. The summed E-state index contributed by atoms with van der Waals surface area (Å²) in [6.45, 7) is 10.2. The fourth-order valence-electron chi connectivity index (χ4n) is 2.76. The first-order valence-corrected chi connectivity index (χ1v) is 7.28. The van der Waals surface area contributed by atoms with Crippen LogP contribution in [0.4, 0.5) is 0 Å². The van der Waals surface area contributed by atoms with Crippen LogP contribution in [0.5, 0.6) is 0 Å². The van der Waals surface area contributed by atoms with Gasteiger partial charge in [0.15, 0.2) is 0 Å². The number of nitrogens with zero attached hydrogens (tertiary/aromatic N) is 1. The Hall–Kier alpha value is -0.860. The molecule has 1 heterocycles. The van der Waals surface area contributed by atoms with Crippen molar-refractivity contribution in [2.24, 2.45) is 0 Å². The number of hydrogen-bond donors (Lipinski definition) is 1. The van der Waals surface area contributed by atoms with Gasteiger partial charge in [-0.2, -0.15) is 0 Å². The van der Waals surface area contributed by atoms with E-state index in [9.17, 15) is 0 Å². The topological polar surface area (TPSA) is 15.3 Å². The van der Waals surface area contributed by atoms with Gasteiger partial charge in [0.2, 0.25) is 0 Å². The summed E-state index contributed by atoms with van der Waals surface area (Å²) >= 11 is 0. The van der Waals surface area contributed by atoms with Crippen molar-refractivity contribution in [1.29, 1.82) is 0 Å². The van der Waals surface area contributed by atoms with Crippen molar-refractivity contribution in [2.75, 3.05) is 13.1 Å². The molecule has 0 saturated carbocycles. The molecule has 100 valence electrons. The van der Waals surface area contributed by atoms with Crippen molar-refractivity contribution < 1.29 is 0 Å². The molecule has 2 unspecified atom stereocenters. The molecule has 2 rings (SSSR count). The zero-order chi connectivity index (χ0) is 13.0. The second kappa shape index (κ2) is 6.35. The first-order chi connectivity index (χ1) is 8.74. The van der Waals surface area contributed by atoms with Gasteiger partial charge >= 0.3 is 0 Å². The maximum absolute atomic E-state index is 3.62. The lowest BCUT2D eigenvalue weighted by atomic mass is 10.0. The molecule has 0 aromatic heterocycles. The van der Waals surface area contributed by atoms with Crippen LogP contribution in [0.25, 0.3) is 0 Å². The third-order valence-corrected chi connectivity index (χ3v) is 4.15. The molecule has 0 aliphatic carbocycles. The Morgan fingerprint density at radius 3 is 2.61 bits per heavy atom. The van der Waals surface area contributed by atoms with Crippen LogP contribution in [-0.2, 0) is 13.0 Å². The molecule has 1 saturated heterocycles. The van der Waals surface area contributed by atoms with E-state index in [2.05, 4.69) is 55.3 Å². The Kier molecular flexibility index (Phi) is 4.79. The van der Waals surface area contributed by atoms with E-state index in [1.54, 1.807) is 0 Å². The lowest BCUT2D eigenvalue weighted by Crippen LogP contribution is -2.54. The molecule has 1 fully saturated rings. The Labute approximate surface area is 111 Å². The van der Waals surface area contributed by atoms with E-state index in [1.165, 1.54) is 24.1 Å². The standard InChI is InChI=1S/C16H26N2/c1-4-14-8-6-7-9-15(14)11-18-12-16(5-2)17-10-13(18)3/h6-9,13,16-17H,4-5,10-12H2,1-3H3. The number of piperazine rings is 1. The van der Waals surface area contributed by atoms with Gasteiger partial charge in [-0.25, -0.2) is 0 Å². The van der Waals surface area contributed by atoms with Gasteiger partial charge in [-0.15, -0.1) is 0 Å². The molecule has 0 radical (unpaired) electrons. The van der Waals surface area contributed by atoms with E-state index in [1.807, 2.05) is 0 Å². The van der Waals surface area contributed by atoms with E-state index in [-0.39, 0.29) is 0 Å². The average Bonchev–Trinajstić information content (AvgIpc) is 2.42. The summed E-state index contributed by atoms with van der Waals surface area (Å²) in [5, 5.41) is 3.62. The van der Waals surface area contributed by atoms with Crippen molar-refractivity contribution in [3.05, 3.63) is 35.4 Å². The SMILES string of the molecule is CCc1ccccc1CN1CC(CC)NCC1C. The van der Waals surface area contributed by atoms with E-state index in [0.717, 1.165) is 19.5 Å². The normalized spacial score (nSPS) is 25.3. The van der Waals surface area contributed by atoms with Crippen LogP contribution in [0.2, 0.25) is 0 Å². The first kappa shape index (κ1) is 13.6. The molecular weight excluding hydrogens is 220 g/mol. The highest BCUT2D eigenvalue weighted by Gasteiger charge is 2.24. The highest BCUT2D eigenvalue weighted by molar-refractivity contribution is 5.27. The molecule has 2 heteroatoms. The fraction of sp³-hybridized carbons (Fsp3) is 0.625. The molecular formula is C16H26N2. The summed E-state index contributed by atoms with van der Waals surface area (Å²) in [6, 6.07) is 10.2. The minimum atomic E-state index is 0.637. The minimum absolute atomic E-state index is 0.637. The highest BCUT2D eigenvalue weighted by atomic mass is 15.2. The lowest BCUT2D eigenvalue weighted by molar-refractivity contribution is 0.131. The zero-order valence-corrected chi connectivity index (χ0v) is 11.9. The molecule has 0 bridgehead atoms. The molecule has 1 aromatic rings. The predicted octanol–water partition coefficient (Wildman–Crippen LogP) is 2.82. The smallest absolute Gasteiger partial charge is 0.0240 e. The molecule has 1 aromatic carbocycles. The van der Waals surface area contributed by atoms with Crippen molar-refractivity contribution in [3.8, 4) is 0 Å². The van der Waals surface area contributed by atoms with Gasteiger partial charge in [-0.3, -0.25) is 4.90 Å². The minimum Gasteiger partial charge on any atom is -0.311 e. The van der Waals surface area contributed by atoms with Crippen molar-refractivity contribution in [1.82, 2.24) is 10.2 Å². The summed E-state index contributed by atoms with van der Waals surface area (Å²) in [5.74, 6) is 0. The number of hydrogen-bond acceptors (Lipinski definition) is 2. The third kappa shape index (κ3) is 3.12. The van der Waals surface area contributed by atoms with E-state index in [0.29, 0.717) is 12.1 Å².